The van der Waals surface area contributed by atoms with E-state index in [0.29, 0.717) is 57.2 Å². The minimum atomic E-state index is -0.515. The first-order valence-corrected chi connectivity index (χ1v) is 8.84. The third-order valence-electron chi connectivity index (χ3n) is 4.93. The maximum Gasteiger partial charge on any atom is 0.232 e. The molecule has 0 aromatic heterocycles. The van der Waals surface area contributed by atoms with E-state index in [2.05, 4.69) is 5.32 Å². The third-order valence-corrected chi connectivity index (χ3v) is 4.93. The van der Waals surface area contributed by atoms with Crippen LogP contribution in [-0.2, 0) is 25.6 Å². The van der Waals surface area contributed by atoms with Gasteiger partial charge in [-0.2, -0.15) is 0 Å². The normalized spacial score (nSPS) is 20.4. The molecule has 2 saturated heterocycles. The first-order chi connectivity index (χ1) is 12.6. The number of ether oxygens (including phenoxy) is 4. The van der Waals surface area contributed by atoms with E-state index in [1.54, 1.807) is 4.90 Å². The van der Waals surface area contributed by atoms with Crippen molar-refractivity contribution < 1.29 is 28.5 Å². The summed E-state index contributed by atoms with van der Waals surface area (Å²) in [6.45, 7) is 2.87. The highest BCUT2D eigenvalue weighted by atomic mass is 16.7. The lowest BCUT2D eigenvalue weighted by Gasteiger charge is -2.37. The Morgan fingerprint density at radius 3 is 2.58 bits per heavy atom. The molecular formula is C18H22N2O6. The molecule has 140 valence electrons. The fraction of sp³-hybridized carbons (Fsp3) is 0.556. The Morgan fingerprint density at radius 2 is 1.81 bits per heavy atom. The lowest BCUT2D eigenvalue weighted by atomic mass is 10.0. The predicted octanol–water partition coefficient (Wildman–Crippen LogP) is 0.787. The van der Waals surface area contributed by atoms with Crippen LogP contribution in [0.1, 0.15) is 24.8 Å². The fourth-order valence-corrected chi connectivity index (χ4v) is 3.45. The molecule has 2 amide bonds. The third kappa shape index (κ3) is 3.61. The number of carbonyl (C=O) groups is 2. The monoisotopic (exact) mass is 362 g/mol. The molecule has 0 aliphatic carbocycles. The number of nitrogens with zero attached hydrogens (tertiary/aromatic N) is 1. The van der Waals surface area contributed by atoms with Crippen molar-refractivity contribution in [2.45, 2.75) is 31.6 Å². The van der Waals surface area contributed by atoms with Crippen LogP contribution in [0.4, 0.5) is 0 Å². The van der Waals surface area contributed by atoms with Gasteiger partial charge in [0, 0.05) is 32.5 Å². The van der Waals surface area contributed by atoms with Crippen LogP contribution in [0.2, 0.25) is 0 Å². The van der Waals surface area contributed by atoms with E-state index in [1.165, 1.54) is 0 Å². The number of hydrogen-bond donors (Lipinski definition) is 1. The number of likely N-dealkylation sites (tertiary alicyclic amines) is 1. The summed E-state index contributed by atoms with van der Waals surface area (Å²) in [5, 5.41) is 2.78. The van der Waals surface area contributed by atoms with Gasteiger partial charge in [0.2, 0.25) is 18.6 Å². The summed E-state index contributed by atoms with van der Waals surface area (Å²) in [5.74, 6) is 0.403. The highest BCUT2D eigenvalue weighted by Gasteiger charge is 2.40. The Bertz CT molecular complexity index is 691. The van der Waals surface area contributed by atoms with Crippen LogP contribution in [0.3, 0.4) is 0 Å². The molecule has 1 N–H and O–H groups in total. The van der Waals surface area contributed by atoms with Crippen LogP contribution in [0.15, 0.2) is 18.2 Å². The van der Waals surface area contributed by atoms with Gasteiger partial charge in [0.1, 0.15) is 6.42 Å². The topological polar surface area (TPSA) is 86.3 Å². The highest BCUT2D eigenvalue weighted by Crippen LogP contribution is 2.33. The van der Waals surface area contributed by atoms with Gasteiger partial charge in [-0.25, -0.2) is 0 Å². The summed E-state index contributed by atoms with van der Waals surface area (Å²) >= 11 is 0. The van der Waals surface area contributed by atoms with Gasteiger partial charge < -0.3 is 29.2 Å². The first kappa shape index (κ1) is 17.1. The molecule has 8 nitrogen and oxygen atoms in total. The van der Waals surface area contributed by atoms with Crippen molar-refractivity contribution >= 4 is 11.8 Å². The second kappa shape index (κ2) is 7.13. The van der Waals surface area contributed by atoms with Crippen LogP contribution in [0.5, 0.6) is 11.5 Å². The number of fused-ring (bicyclic) bond motifs is 1. The van der Waals surface area contributed by atoms with Crippen LogP contribution in [0.25, 0.3) is 0 Å². The van der Waals surface area contributed by atoms with Crippen LogP contribution in [0, 0.1) is 0 Å². The van der Waals surface area contributed by atoms with E-state index < -0.39 is 5.79 Å². The minimum Gasteiger partial charge on any atom is -0.454 e. The van der Waals surface area contributed by atoms with Crippen LogP contribution < -0.4 is 14.8 Å². The van der Waals surface area contributed by atoms with Crippen molar-refractivity contribution in [3.05, 3.63) is 23.8 Å². The van der Waals surface area contributed by atoms with Gasteiger partial charge in [0.25, 0.3) is 0 Å². The van der Waals surface area contributed by atoms with E-state index in [1.807, 2.05) is 18.2 Å². The molecule has 3 aliphatic heterocycles. The number of rotatable bonds is 4. The van der Waals surface area contributed by atoms with Crippen molar-refractivity contribution in [3.8, 4) is 11.5 Å². The Kier molecular flexibility index (Phi) is 4.69. The number of amides is 2. The second-order valence-electron chi connectivity index (χ2n) is 6.63. The van der Waals surface area contributed by atoms with Gasteiger partial charge in [-0.05, 0) is 17.7 Å². The van der Waals surface area contributed by atoms with Gasteiger partial charge in [0.05, 0.1) is 13.2 Å². The standard InChI is InChI=1S/C18H22N2O6/c21-16(19-11-13-1-2-14-15(9-13)24-12-23-14)10-17(22)20-5-3-18(4-6-20)25-7-8-26-18/h1-2,9H,3-8,10-12H2,(H,19,21). The molecular weight excluding hydrogens is 340 g/mol. The Balaban J connectivity index is 1.22. The molecule has 1 aromatic carbocycles. The predicted molar refractivity (Wildman–Crippen MR) is 89.5 cm³/mol. The lowest BCUT2D eigenvalue weighted by molar-refractivity contribution is -0.187. The van der Waals surface area contributed by atoms with Crippen LogP contribution in [-0.4, -0.2) is 55.6 Å². The number of benzene rings is 1. The first-order valence-electron chi connectivity index (χ1n) is 8.84. The molecule has 4 rings (SSSR count). The summed E-state index contributed by atoms with van der Waals surface area (Å²) in [6.07, 6.45) is 1.15. The Hall–Kier alpha value is -2.32. The highest BCUT2D eigenvalue weighted by molar-refractivity contribution is 5.96. The average Bonchev–Trinajstić information content (AvgIpc) is 3.29. The second-order valence-corrected chi connectivity index (χ2v) is 6.63. The number of piperidine rings is 1. The van der Waals surface area contributed by atoms with Gasteiger partial charge in [-0.1, -0.05) is 6.07 Å². The molecule has 0 saturated carbocycles. The smallest absolute Gasteiger partial charge is 0.232 e. The summed E-state index contributed by atoms with van der Waals surface area (Å²) in [7, 11) is 0. The fourth-order valence-electron chi connectivity index (χ4n) is 3.45. The summed E-state index contributed by atoms with van der Waals surface area (Å²) in [4.78, 5) is 26.1. The Labute approximate surface area is 151 Å². The molecule has 3 heterocycles. The minimum absolute atomic E-state index is 0.154. The van der Waals surface area contributed by atoms with Gasteiger partial charge >= 0.3 is 0 Å². The van der Waals surface area contributed by atoms with Gasteiger partial charge in [-0.15, -0.1) is 0 Å². The molecule has 26 heavy (non-hydrogen) atoms. The molecule has 8 heteroatoms. The summed E-state index contributed by atoms with van der Waals surface area (Å²) < 4.78 is 21.9. The average molecular weight is 362 g/mol. The van der Waals surface area contributed by atoms with Crippen molar-refractivity contribution in [2.75, 3.05) is 33.1 Å². The summed E-state index contributed by atoms with van der Waals surface area (Å²) in [6, 6.07) is 5.50. The number of carbonyl (C=O) groups excluding carboxylic acids is 2. The maximum atomic E-state index is 12.3. The molecule has 0 bridgehead atoms. The van der Waals surface area contributed by atoms with E-state index in [0.717, 1.165) is 5.56 Å². The number of hydrogen-bond acceptors (Lipinski definition) is 6. The molecule has 0 radical (unpaired) electrons. The van der Waals surface area contributed by atoms with E-state index >= 15 is 0 Å². The largest absolute Gasteiger partial charge is 0.454 e. The van der Waals surface area contributed by atoms with E-state index in [4.69, 9.17) is 18.9 Å². The van der Waals surface area contributed by atoms with Crippen LogP contribution >= 0.6 is 0 Å². The quantitative estimate of drug-likeness (QED) is 0.797. The van der Waals surface area contributed by atoms with Crippen molar-refractivity contribution in [3.63, 3.8) is 0 Å². The molecule has 0 atom stereocenters. The molecule has 1 spiro atoms. The van der Waals surface area contributed by atoms with Crippen molar-refractivity contribution in [2.24, 2.45) is 0 Å². The van der Waals surface area contributed by atoms with E-state index in [-0.39, 0.29) is 25.0 Å². The molecule has 3 aliphatic rings. The van der Waals surface area contributed by atoms with Gasteiger partial charge in [-0.3, -0.25) is 9.59 Å². The molecule has 0 unspecified atom stereocenters. The lowest BCUT2D eigenvalue weighted by Crippen LogP contribution is -2.48. The molecule has 2 fully saturated rings. The maximum absolute atomic E-state index is 12.3. The zero-order valence-corrected chi connectivity index (χ0v) is 14.5. The SMILES string of the molecule is O=C(CC(=O)N1CCC2(CC1)OCCO2)NCc1ccc2c(c1)OCO2. The van der Waals surface area contributed by atoms with Crippen molar-refractivity contribution in [1.82, 2.24) is 10.2 Å². The number of nitrogens with one attached hydrogen (secondary N) is 1. The van der Waals surface area contributed by atoms with E-state index in [9.17, 15) is 9.59 Å². The van der Waals surface area contributed by atoms with Crippen molar-refractivity contribution in [1.29, 1.82) is 0 Å². The zero-order chi connectivity index (χ0) is 18.0. The van der Waals surface area contributed by atoms with Gasteiger partial charge in [0.15, 0.2) is 17.3 Å². The summed E-state index contributed by atoms with van der Waals surface area (Å²) in [5.41, 5.74) is 0.894. The molecule has 1 aromatic rings. The Morgan fingerprint density at radius 1 is 1.08 bits per heavy atom. The zero-order valence-electron chi connectivity index (χ0n) is 14.5.